The summed E-state index contributed by atoms with van der Waals surface area (Å²) in [6.07, 6.45) is 8.71. The number of carboxylic acid groups (broad SMARTS) is 1. The van der Waals surface area contributed by atoms with Gasteiger partial charge in [0.25, 0.3) is 0 Å². The lowest BCUT2D eigenvalue weighted by Crippen LogP contribution is -3.00. The molecule has 4 rings (SSSR count). The quantitative estimate of drug-likeness (QED) is 0.156. The van der Waals surface area contributed by atoms with Gasteiger partial charge in [-0.25, -0.2) is 0 Å². The highest BCUT2D eigenvalue weighted by molar-refractivity contribution is 5.79. The average Bonchev–Trinajstić information content (AvgIpc) is 3.62. The molecule has 0 aromatic rings. The van der Waals surface area contributed by atoms with Crippen LogP contribution in [0.1, 0.15) is 99.3 Å². The summed E-state index contributed by atoms with van der Waals surface area (Å²) < 4.78 is 18.0. The van der Waals surface area contributed by atoms with Crippen molar-refractivity contribution in [1.29, 1.82) is 0 Å². The van der Waals surface area contributed by atoms with Crippen molar-refractivity contribution in [1.82, 2.24) is 4.90 Å². The Bertz CT molecular complexity index is 805. The van der Waals surface area contributed by atoms with Crippen LogP contribution in [-0.4, -0.2) is 110 Å². The maximum atomic E-state index is 11.9. The van der Waals surface area contributed by atoms with E-state index in [-0.39, 0.29) is 61.0 Å². The molecule has 2 aliphatic carbocycles. The normalized spacial score (nSPS) is 27.7. The number of nitrogens with two attached hydrogens (primary N) is 1. The second kappa shape index (κ2) is 21.0. The minimum Gasteiger partial charge on any atom is -1.00 e. The largest absolute Gasteiger partial charge is 1.00 e. The summed E-state index contributed by atoms with van der Waals surface area (Å²) in [4.78, 5) is 35.5. The number of hydrogen-bond acceptors (Lipinski definition) is 8. The van der Waals surface area contributed by atoms with Crippen molar-refractivity contribution in [2.75, 3.05) is 59.6 Å². The predicted molar refractivity (Wildman–Crippen MR) is 165 cm³/mol. The van der Waals surface area contributed by atoms with E-state index in [4.69, 9.17) is 25.1 Å². The number of aliphatic carboxylic acids is 1. The number of ether oxygens (including phenoxy) is 3. The Labute approximate surface area is 278 Å². The number of quaternary nitrogens is 1. The van der Waals surface area contributed by atoms with Gasteiger partial charge in [0.05, 0.1) is 58.0 Å². The second-order valence-corrected chi connectivity index (χ2v) is 12.3. The third-order valence-corrected chi connectivity index (χ3v) is 9.36. The highest BCUT2D eigenvalue weighted by Crippen LogP contribution is 2.35. The van der Waals surface area contributed by atoms with Crippen molar-refractivity contribution in [3.05, 3.63) is 0 Å². The van der Waals surface area contributed by atoms with Gasteiger partial charge in [0, 0.05) is 51.2 Å². The number of nitrogens with zero attached hydrogens (tertiary/aromatic N) is 2. The minimum absolute atomic E-state index is 0. The Morgan fingerprint density at radius 2 is 1.49 bits per heavy atom. The van der Waals surface area contributed by atoms with E-state index < -0.39 is 5.97 Å². The van der Waals surface area contributed by atoms with Crippen molar-refractivity contribution in [2.24, 2.45) is 17.6 Å². The number of likely N-dealkylation sites (tertiary alicyclic amines) is 2. The first-order chi connectivity index (χ1) is 19.5. The van der Waals surface area contributed by atoms with Crippen LogP contribution in [0.3, 0.4) is 0 Å². The number of ketones is 1. The number of rotatable bonds is 9. The third kappa shape index (κ3) is 14.0. The predicted octanol–water partition coefficient (Wildman–Crippen LogP) is 1.24. The zero-order valence-electron chi connectivity index (χ0n) is 26.8. The SMILES string of the molecule is C.CCOC(=O)[C@H]1CC[C@@H](N2CCC(OCC)(OCC)CC2)C1.CC[N+]1(C)CCC(=O)CC1.N[C@@H]1CC[C@H](C(=O)O)C1.[I-]. The zero-order valence-corrected chi connectivity index (χ0v) is 28.9. The lowest BCUT2D eigenvalue weighted by molar-refractivity contribution is -0.909. The van der Waals surface area contributed by atoms with Crippen molar-refractivity contribution in [3.8, 4) is 0 Å². The number of hydrogen-bond donors (Lipinski definition) is 2. The maximum absolute atomic E-state index is 11.9. The topological polar surface area (TPSA) is 128 Å². The number of carbonyl (C=O) groups excluding carboxylic acids is 2. The van der Waals surface area contributed by atoms with Crippen molar-refractivity contribution < 1.29 is 62.2 Å². The van der Waals surface area contributed by atoms with Crippen molar-refractivity contribution >= 4 is 17.7 Å². The van der Waals surface area contributed by atoms with Crippen LogP contribution >= 0.6 is 0 Å². The molecule has 2 aliphatic heterocycles. The molecule has 0 radical (unpaired) electrons. The molecule has 2 saturated carbocycles. The van der Waals surface area contributed by atoms with E-state index in [9.17, 15) is 14.4 Å². The Balaban J connectivity index is 0.000000698. The molecule has 0 unspecified atom stereocenters. The molecule has 11 heteroatoms. The van der Waals surface area contributed by atoms with E-state index in [1.54, 1.807) is 0 Å². The Morgan fingerprint density at radius 3 is 1.91 bits per heavy atom. The lowest BCUT2D eigenvalue weighted by atomic mass is 10.0. The van der Waals surface area contributed by atoms with E-state index >= 15 is 0 Å². The number of piperidine rings is 2. The van der Waals surface area contributed by atoms with E-state index in [1.807, 2.05) is 20.8 Å². The first kappa shape index (κ1) is 42.1. The van der Waals surface area contributed by atoms with E-state index in [2.05, 4.69) is 18.9 Å². The monoisotopic (exact) mass is 727 g/mol. The van der Waals surface area contributed by atoms with Crippen molar-refractivity contribution in [3.63, 3.8) is 0 Å². The highest BCUT2D eigenvalue weighted by Gasteiger charge is 2.40. The molecular weight excluding hydrogens is 665 g/mol. The van der Waals surface area contributed by atoms with Crippen molar-refractivity contribution in [2.45, 2.75) is 117 Å². The average molecular weight is 728 g/mol. The molecule has 43 heavy (non-hydrogen) atoms. The standard InChI is InChI=1S/C17H31NO4.C8H16NO.C6H11NO2.CH4.HI/c1-4-20-16(19)14-7-8-15(13-14)18-11-9-17(10-12-18,21-5-2)22-6-3;1-3-9(2)6-4-8(10)5-7-9;7-5-2-1-4(3-5)6(8)9;;/h14-15H,4-13H2,1-3H3;3-7H2,1-2H3;4-5H,1-3,7H2,(H,8,9);1H4;1H/q;+1;;;/p-1/t14-,15+;;4-,5+;;/m0.0../s1. The smallest absolute Gasteiger partial charge is 0.308 e. The molecule has 0 amide bonds. The number of carbonyl (C=O) groups is 3. The van der Waals surface area contributed by atoms with Gasteiger partial charge in [0.15, 0.2) is 5.79 Å². The lowest BCUT2D eigenvalue weighted by Gasteiger charge is -2.43. The van der Waals surface area contributed by atoms with E-state index in [0.717, 1.165) is 95.0 Å². The number of Topliss-reactive ketones (excluding diaryl/α,β-unsaturated/α-hetero) is 1. The number of halogens is 1. The number of carboxylic acids is 1. The van der Waals surface area contributed by atoms with Crippen LogP contribution in [-0.2, 0) is 28.6 Å². The Hall–Kier alpha value is -0.860. The molecular formula is C32H62IN3O7. The van der Waals surface area contributed by atoms with E-state index in [0.29, 0.717) is 38.1 Å². The summed E-state index contributed by atoms with van der Waals surface area (Å²) in [6, 6.07) is 0.641. The first-order valence-electron chi connectivity index (χ1n) is 16.0. The van der Waals surface area contributed by atoms with Gasteiger partial charge in [0.1, 0.15) is 5.78 Å². The van der Waals surface area contributed by atoms with Gasteiger partial charge in [-0.15, -0.1) is 0 Å². The molecule has 4 aliphatic rings. The van der Waals surface area contributed by atoms with E-state index in [1.165, 1.54) is 0 Å². The van der Waals surface area contributed by atoms with Crippen LogP contribution in [0.25, 0.3) is 0 Å². The van der Waals surface area contributed by atoms with Gasteiger partial charge in [-0.2, -0.15) is 0 Å². The summed E-state index contributed by atoms with van der Waals surface area (Å²) in [5.41, 5.74) is 5.50. The highest BCUT2D eigenvalue weighted by atomic mass is 127. The summed E-state index contributed by atoms with van der Waals surface area (Å²) >= 11 is 0. The molecule has 2 heterocycles. The van der Waals surface area contributed by atoms with Crippen LogP contribution in [0.4, 0.5) is 0 Å². The fraction of sp³-hybridized carbons (Fsp3) is 0.906. The molecule has 0 bridgehead atoms. The molecule has 254 valence electrons. The van der Waals surface area contributed by atoms with Gasteiger partial charge < -0.3 is 53.5 Å². The van der Waals surface area contributed by atoms with Crippen LogP contribution in [0.2, 0.25) is 0 Å². The summed E-state index contributed by atoms with van der Waals surface area (Å²) in [7, 11) is 2.23. The number of esters is 1. The molecule has 0 aromatic heterocycles. The molecule has 2 saturated heterocycles. The molecule has 0 spiro atoms. The van der Waals surface area contributed by atoms with Crippen LogP contribution < -0.4 is 29.7 Å². The molecule has 0 aromatic carbocycles. The molecule has 10 nitrogen and oxygen atoms in total. The fourth-order valence-electron chi connectivity index (χ4n) is 6.43. The maximum Gasteiger partial charge on any atom is 0.308 e. The van der Waals surface area contributed by atoms with Gasteiger partial charge in [-0.1, -0.05) is 7.43 Å². The van der Waals surface area contributed by atoms with Crippen LogP contribution in [0, 0.1) is 11.8 Å². The molecule has 3 N–H and O–H groups in total. The first-order valence-corrected chi connectivity index (χ1v) is 16.0. The Kier molecular flexibility index (Phi) is 20.6. The molecule has 4 atom stereocenters. The molecule has 4 fully saturated rings. The minimum atomic E-state index is -0.692. The van der Waals surface area contributed by atoms with Crippen LogP contribution in [0.5, 0.6) is 0 Å². The van der Waals surface area contributed by atoms with Gasteiger partial charge >= 0.3 is 11.9 Å². The van der Waals surface area contributed by atoms with Crippen LogP contribution in [0.15, 0.2) is 0 Å². The third-order valence-electron chi connectivity index (χ3n) is 9.36. The zero-order chi connectivity index (χ0) is 30.5. The summed E-state index contributed by atoms with van der Waals surface area (Å²) in [5, 5.41) is 8.48. The summed E-state index contributed by atoms with van der Waals surface area (Å²) in [6.45, 7) is 15.2. The second-order valence-electron chi connectivity index (χ2n) is 12.3. The Morgan fingerprint density at radius 1 is 0.930 bits per heavy atom. The van der Waals surface area contributed by atoms with Gasteiger partial charge in [-0.3, -0.25) is 19.3 Å². The van der Waals surface area contributed by atoms with Gasteiger partial charge in [-0.05, 0) is 66.2 Å². The van der Waals surface area contributed by atoms with Gasteiger partial charge in [0.2, 0.25) is 0 Å². The fourth-order valence-corrected chi connectivity index (χ4v) is 6.43. The summed E-state index contributed by atoms with van der Waals surface area (Å²) in [5.74, 6) is -0.721.